The minimum Gasteiger partial charge on any atom is -0.385 e. The summed E-state index contributed by atoms with van der Waals surface area (Å²) in [7, 11) is 1.49. The Kier molecular flexibility index (Phi) is 5.64. The molecule has 1 atom stereocenters. The maximum absolute atomic E-state index is 13.4. The molecule has 7 heteroatoms. The van der Waals surface area contributed by atoms with Crippen molar-refractivity contribution in [2.75, 3.05) is 19.0 Å². The summed E-state index contributed by atoms with van der Waals surface area (Å²) in [4.78, 5) is 11.6. The number of halogens is 3. The summed E-state index contributed by atoms with van der Waals surface area (Å²) >= 11 is 2.97. The second-order valence-electron chi connectivity index (χ2n) is 3.62. The number of anilines is 1. The van der Waals surface area contributed by atoms with E-state index in [0.717, 1.165) is 6.07 Å². The second-order valence-corrected chi connectivity index (χ2v) is 4.48. The molecule has 0 aromatic heterocycles. The largest absolute Gasteiger partial charge is 0.385 e. The molecular weight excluding hydrogens is 310 g/mol. The van der Waals surface area contributed by atoms with Gasteiger partial charge in [-0.05, 0) is 28.4 Å². The van der Waals surface area contributed by atoms with Gasteiger partial charge in [-0.25, -0.2) is 8.78 Å². The third kappa shape index (κ3) is 4.01. The fourth-order valence-corrected chi connectivity index (χ4v) is 1.76. The van der Waals surface area contributed by atoms with Crippen molar-refractivity contribution in [3.8, 4) is 0 Å². The van der Waals surface area contributed by atoms with E-state index in [-0.39, 0.29) is 10.2 Å². The van der Waals surface area contributed by atoms with Crippen LogP contribution in [0.15, 0.2) is 16.6 Å². The molecule has 3 N–H and O–H groups in total. The van der Waals surface area contributed by atoms with Gasteiger partial charge in [0.1, 0.15) is 5.82 Å². The van der Waals surface area contributed by atoms with E-state index >= 15 is 0 Å². The molecular formula is C11H13BrF2N2O2. The first-order valence-corrected chi connectivity index (χ1v) is 5.95. The van der Waals surface area contributed by atoms with Gasteiger partial charge in [0.05, 0.1) is 11.7 Å². The monoisotopic (exact) mass is 322 g/mol. The predicted molar refractivity (Wildman–Crippen MR) is 67.2 cm³/mol. The van der Waals surface area contributed by atoms with Gasteiger partial charge in [-0.1, -0.05) is 0 Å². The van der Waals surface area contributed by atoms with Crippen LogP contribution in [0.25, 0.3) is 0 Å². The Balaban J connectivity index is 2.76. The Morgan fingerprint density at radius 1 is 1.56 bits per heavy atom. The molecule has 1 aromatic carbocycles. The lowest BCUT2D eigenvalue weighted by Gasteiger charge is -2.13. The van der Waals surface area contributed by atoms with Gasteiger partial charge in [0, 0.05) is 24.3 Å². The first-order valence-electron chi connectivity index (χ1n) is 5.15. The van der Waals surface area contributed by atoms with E-state index in [1.54, 1.807) is 0 Å². The molecule has 0 fully saturated rings. The van der Waals surface area contributed by atoms with Crippen molar-refractivity contribution in [1.29, 1.82) is 0 Å². The maximum atomic E-state index is 13.4. The summed E-state index contributed by atoms with van der Waals surface area (Å²) in [6.07, 6.45) is 0.308. The standard InChI is InChI=1S/C11H13BrF2N2O2/c1-18-3-2-9(15)11(17)16-10-7(12)4-6(13)5-8(10)14/h4-5,9H,2-3,15H2,1H3,(H,16,17). The van der Waals surface area contributed by atoms with Crippen molar-refractivity contribution in [2.45, 2.75) is 12.5 Å². The van der Waals surface area contributed by atoms with E-state index < -0.39 is 23.6 Å². The summed E-state index contributed by atoms with van der Waals surface area (Å²) in [5, 5.41) is 2.31. The minimum absolute atomic E-state index is 0.118. The summed E-state index contributed by atoms with van der Waals surface area (Å²) in [5.74, 6) is -2.16. The lowest BCUT2D eigenvalue weighted by atomic mass is 10.2. The summed E-state index contributed by atoms with van der Waals surface area (Å²) < 4.78 is 31.2. The molecule has 18 heavy (non-hydrogen) atoms. The van der Waals surface area contributed by atoms with Crippen LogP contribution in [0.3, 0.4) is 0 Å². The minimum atomic E-state index is -0.867. The highest BCUT2D eigenvalue weighted by Crippen LogP contribution is 2.26. The molecule has 0 aliphatic rings. The summed E-state index contributed by atoms with van der Waals surface area (Å²) in [6.45, 7) is 0.321. The number of rotatable bonds is 5. The van der Waals surface area contributed by atoms with Crippen LogP contribution in [0.4, 0.5) is 14.5 Å². The molecule has 0 spiro atoms. The lowest BCUT2D eigenvalue weighted by molar-refractivity contribution is -0.117. The molecule has 0 heterocycles. The van der Waals surface area contributed by atoms with Gasteiger partial charge in [0.15, 0.2) is 5.82 Å². The van der Waals surface area contributed by atoms with Crippen LogP contribution < -0.4 is 11.1 Å². The Morgan fingerprint density at radius 2 is 2.22 bits per heavy atom. The van der Waals surface area contributed by atoms with Crippen molar-refractivity contribution in [1.82, 2.24) is 0 Å². The molecule has 100 valence electrons. The van der Waals surface area contributed by atoms with Crippen molar-refractivity contribution >= 4 is 27.5 Å². The topological polar surface area (TPSA) is 64.3 Å². The van der Waals surface area contributed by atoms with Crippen LogP contribution in [0, 0.1) is 11.6 Å². The van der Waals surface area contributed by atoms with Gasteiger partial charge in [-0.15, -0.1) is 0 Å². The van der Waals surface area contributed by atoms with Crippen LogP contribution in [-0.2, 0) is 9.53 Å². The molecule has 0 radical (unpaired) electrons. The van der Waals surface area contributed by atoms with E-state index in [1.807, 2.05) is 0 Å². The highest BCUT2D eigenvalue weighted by molar-refractivity contribution is 9.10. The van der Waals surface area contributed by atoms with E-state index in [4.69, 9.17) is 10.5 Å². The number of carbonyl (C=O) groups is 1. The van der Waals surface area contributed by atoms with Gasteiger partial charge >= 0.3 is 0 Å². The molecule has 1 rings (SSSR count). The smallest absolute Gasteiger partial charge is 0.241 e. The van der Waals surface area contributed by atoms with Crippen molar-refractivity contribution in [3.63, 3.8) is 0 Å². The van der Waals surface area contributed by atoms with Crippen LogP contribution in [0.1, 0.15) is 6.42 Å². The first kappa shape index (κ1) is 15.0. The number of ether oxygens (including phenoxy) is 1. The first-order chi connectivity index (χ1) is 8.45. The van der Waals surface area contributed by atoms with Crippen LogP contribution >= 0.6 is 15.9 Å². The fourth-order valence-electron chi connectivity index (χ4n) is 1.25. The van der Waals surface area contributed by atoms with Crippen LogP contribution in [-0.4, -0.2) is 25.7 Å². The highest BCUT2D eigenvalue weighted by atomic mass is 79.9. The number of methoxy groups -OCH3 is 1. The number of carbonyl (C=O) groups excluding carboxylic acids is 1. The normalized spacial score (nSPS) is 12.3. The number of hydrogen-bond acceptors (Lipinski definition) is 3. The van der Waals surface area contributed by atoms with Crippen LogP contribution in [0.2, 0.25) is 0 Å². The zero-order valence-corrected chi connectivity index (χ0v) is 11.3. The van der Waals surface area contributed by atoms with Crippen LogP contribution in [0.5, 0.6) is 0 Å². The lowest BCUT2D eigenvalue weighted by Crippen LogP contribution is -2.36. The average molecular weight is 323 g/mol. The van der Waals surface area contributed by atoms with Crippen molar-refractivity contribution in [3.05, 3.63) is 28.2 Å². The summed E-state index contributed by atoms with van der Waals surface area (Å²) in [5.41, 5.74) is 5.45. The SMILES string of the molecule is COCCC(N)C(=O)Nc1c(F)cc(F)cc1Br. The third-order valence-electron chi connectivity index (χ3n) is 2.22. The Hall–Kier alpha value is -1.05. The molecule has 1 aromatic rings. The Labute approximate surface area is 112 Å². The number of nitrogens with two attached hydrogens (primary N) is 1. The predicted octanol–water partition coefficient (Wildman–Crippen LogP) is 2.03. The molecule has 0 bridgehead atoms. The van der Waals surface area contributed by atoms with E-state index in [2.05, 4.69) is 21.2 Å². The molecule has 0 saturated heterocycles. The van der Waals surface area contributed by atoms with Crippen molar-refractivity contribution < 1.29 is 18.3 Å². The van der Waals surface area contributed by atoms with Crippen molar-refractivity contribution in [2.24, 2.45) is 5.73 Å². The zero-order valence-electron chi connectivity index (χ0n) is 9.67. The average Bonchev–Trinajstić information content (AvgIpc) is 2.30. The highest BCUT2D eigenvalue weighted by Gasteiger charge is 2.17. The third-order valence-corrected chi connectivity index (χ3v) is 2.85. The molecule has 1 amide bonds. The molecule has 0 aliphatic heterocycles. The van der Waals surface area contributed by atoms with E-state index in [9.17, 15) is 13.6 Å². The second kappa shape index (κ2) is 6.77. The Morgan fingerprint density at radius 3 is 2.78 bits per heavy atom. The number of benzene rings is 1. The van der Waals surface area contributed by atoms with E-state index in [1.165, 1.54) is 7.11 Å². The summed E-state index contributed by atoms with van der Waals surface area (Å²) in [6, 6.07) is 0.918. The van der Waals surface area contributed by atoms with Gasteiger partial charge in [0.2, 0.25) is 5.91 Å². The Bertz CT molecular complexity index is 420. The zero-order chi connectivity index (χ0) is 13.7. The molecule has 0 aliphatic carbocycles. The number of amides is 1. The molecule has 1 unspecified atom stereocenters. The molecule has 4 nitrogen and oxygen atoms in total. The van der Waals surface area contributed by atoms with Gasteiger partial charge in [-0.2, -0.15) is 0 Å². The van der Waals surface area contributed by atoms with E-state index in [0.29, 0.717) is 19.1 Å². The van der Waals surface area contributed by atoms with Gasteiger partial charge in [0.25, 0.3) is 0 Å². The quantitative estimate of drug-likeness (QED) is 0.871. The maximum Gasteiger partial charge on any atom is 0.241 e. The van der Waals surface area contributed by atoms with Gasteiger partial charge in [-0.3, -0.25) is 4.79 Å². The number of hydrogen-bond donors (Lipinski definition) is 2. The fraction of sp³-hybridized carbons (Fsp3) is 0.364. The molecule has 0 saturated carbocycles. The number of nitrogens with one attached hydrogen (secondary N) is 1. The van der Waals surface area contributed by atoms with Gasteiger partial charge < -0.3 is 15.8 Å².